The number of morpholine rings is 1. The fourth-order valence-electron chi connectivity index (χ4n) is 3.17. The van der Waals surface area contributed by atoms with Gasteiger partial charge < -0.3 is 14.4 Å². The zero-order valence-corrected chi connectivity index (χ0v) is 16.7. The quantitative estimate of drug-likeness (QED) is 0.570. The van der Waals surface area contributed by atoms with Crippen LogP contribution in [-0.2, 0) is 10.5 Å². The Morgan fingerprint density at radius 2 is 1.86 bits per heavy atom. The summed E-state index contributed by atoms with van der Waals surface area (Å²) in [5.74, 6) is 0.989. The lowest BCUT2D eigenvalue weighted by atomic mass is 10.2. The molecule has 0 aliphatic carbocycles. The number of nitrogens with zero attached hydrogens (tertiary/aromatic N) is 4. The number of anilines is 1. The molecule has 1 aliphatic heterocycles. The Labute approximate surface area is 171 Å². The molecular formula is C20H20F2N4O2S. The number of aromatic nitrogens is 3. The summed E-state index contributed by atoms with van der Waals surface area (Å²) in [6.45, 7) is 2.55. The van der Waals surface area contributed by atoms with Crippen molar-refractivity contribution in [2.75, 3.05) is 38.3 Å². The average molecular weight is 418 g/mol. The van der Waals surface area contributed by atoms with Crippen LogP contribution in [0, 0.1) is 11.6 Å². The minimum absolute atomic E-state index is 0.331. The number of hydrogen-bond donors (Lipinski definition) is 0. The first kappa shape index (κ1) is 19.7. The molecule has 1 aliphatic rings. The highest BCUT2D eigenvalue weighted by Crippen LogP contribution is 2.32. The van der Waals surface area contributed by atoms with E-state index in [0.29, 0.717) is 60.2 Å². The normalized spacial score (nSPS) is 14.2. The summed E-state index contributed by atoms with van der Waals surface area (Å²) in [4.78, 5) is 2.06. The number of ether oxygens (including phenoxy) is 2. The topological polar surface area (TPSA) is 52.4 Å². The summed E-state index contributed by atoms with van der Waals surface area (Å²) in [6.07, 6.45) is 0. The van der Waals surface area contributed by atoms with E-state index in [1.807, 2.05) is 10.6 Å². The molecule has 0 amide bonds. The van der Waals surface area contributed by atoms with E-state index in [2.05, 4.69) is 15.1 Å². The number of halogens is 2. The monoisotopic (exact) mass is 418 g/mol. The maximum absolute atomic E-state index is 13.9. The van der Waals surface area contributed by atoms with E-state index >= 15 is 0 Å². The van der Waals surface area contributed by atoms with Gasteiger partial charge in [0.2, 0.25) is 5.95 Å². The SMILES string of the molecule is COc1ccc(F)cc1CSc1nnc(N2CCOCC2)n1-c1cccc(F)c1. The molecule has 1 aromatic heterocycles. The Hall–Kier alpha value is -2.65. The van der Waals surface area contributed by atoms with Crippen molar-refractivity contribution in [1.29, 1.82) is 0 Å². The van der Waals surface area contributed by atoms with Gasteiger partial charge in [0.15, 0.2) is 5.16 Å². The van der Waals surface area contributed by atoms with Crippen molar-refractivity contribution >= 4 is 17.7 Å². The van der Waals surface area contributed by atoms with Crippen LogP contribution in [0.4, 0.5) is 14.7 Å². The third-order valence-corrected chi connectivity index (χ3v) is 5.55. The molecule has 0 N–H and O–H groups in total. The van der Waals surface area contributed by atoms with Gasteiger partial charge in [0.05, 0.1) is 26.0 Å². The van der Waals surface area contributed by atoms with Crippen LogP contribution in [0.1, 0.15) is 5.56 Å². The molecule has 0 saturated carbocycles. The predicted molar refractivity (Wildman–Crippen MR) is 107 cm³/mol. The van der Waals surface area contributed by atoms with Gasteiger partial charge in [-0.3, -0.25) is 4.57 Å². The largest absolute Gasteiger partial charge is 0.496 e. The van der Waals surface area contributed by atoms with Crippen LogP contribution in [-0.4, -0.2) is 48.2 Å². The summed E-state index contributed by atoms with van der Waals surface area (Å²) in [6, 6.07) is 10.7. The second-order valence-electron chi connectivity index (χ2n) is 6.44. The first-order valence-corrected chi connectivity index (χ1v) is 10.1. The van der Waals surface area contributed by atoms with Gasteiger partial charge >= 0.3 is 0 Å². The van der Waals surface area contributed by atoms with Crippen molar-refractivity contribution in [2.45, 2.75) is 10.9 Å². The van der Waals surface area contributed by atoms with E-state index in [4.69, 9.17) is 9.47 Å². The number of benzene rings is 2. The third-order valence-electron chi connectivity index (χ3n) is 4.58. The van der Waals surface area contributed by atoms with Gasteiger partial charge in [0, 0.05) is 24.4 Å². The van der Waals surface area contributed by atoms with Gasteiger partial charge in [-0.15, -0.1) is 10.2 Å². The Bertz CT molecular complexity index is 992. The fourth-order valence-corrected chi connectivity index (χ4v) is 4.09. The predicted octanol–water partition coefficient (Wildman–Crippen LogP) is 3.68. The van der Waals surface area contributed by atoms with Crippen LogP contribution in [0.3, 0.4) is 0 Å². The Morgan fingerprint density at radius 3 is 2.62 bits per heavy atom. The number of rotatable bonds is 6. The average Bonchev–Trinajstić information content (AvgIpc) is 3.17. The third kappa shape index (κ3) is 4.35. The smallest absolute Gasteiger partial charge is 0.232 e. The molecule has 0 radical (unpaired) electrons. The molecule has 0 spiro atoms. The van der Waals surface area contributed by atoms with Crippen molar-refractivity contribution in [1.82, 2.24) is 14.8 Å². The van der Waals surface area contributed by atoms with E-state index < -0.39 is 0 Å². The molecule has 29 heavy (non-hydrogen) atoms. The number of thioether (sulfide) groups is 1. The molecule has 0 unspecified atom stereocenters. The lowest BCUT2D eigenvalue weighted by Crippen LogP contribution is -2.37. The summed E-state index contributed by atoms with van der Waals surface area (Å²) in [5.41, 5.74) is 1.34. The van der Waals surface area contributed by atoms with Crippen LogP contribution < -0.4 is 9.64 Å². The lowest BCUT2D eigenvalue weighted by molar-refractivity contribution is 0.122. The molecule has 3 aromatic rings. The maximum atomic E-state index is 13.9. The number of methoxy groups -OCH3 is 1. The van der Waals surface area contributed by atoms with Gasteiger partial charge in [-0.2, -0.15) is 0 Å². The van der Waals surface area contributed by atoms with Crippen molar-refractivity contribution in [2.24, 2.45) is 0 Å². The summed E-state index contributed by atoms with van der Waals surface area (Å²) < 4.78 is 40.2. The molecule has 0 bridgehead atoms. The van der Waals surface area contributed by atoms with Gasteiger partial charge in [-0.25, -0.2) is 8.78 Å². The van der Waals surface area contributed by atoms with Crippen LogP contribution >= 0.6 is 11.8 Å². The van der Waals surface area contributed by atoms with Crippen molar-refractivity contribution < 1.29 is 18.3 Å². The molecule has 0 atom stereocenters. The summed E-state index contributed by atoms with van der Waals surface area (Å²) in [7, 11) is 1.55. The minimum atomic E-state index is -0.341. The molecule has 6 nitrogen and oxygen atoms in total. The second kappa shape index (κ2) is 8.79. The van der Waals surface area contributed by atoms with Gasteiger partial charge in [-0.05, 0) is 36.4 Å². The fraction of sp³-hybridized carbons (Fsp3) is 0.300. The van der Waals surface area contributed by atoms with E-state index in [9.17, 15) is 8.78 Å². The molecular weight excluding hydrogens is 398 g/mol. The summed E-state index contributed by atoms with van der Waals surface area (Å²) in [5, 5.41) is 9.27. The van der Waals surface area contributed by atoms with Crippen LogP contribution in [0.2, 0.25) is 0 Å². The van der Waals surface area contributed by atoms with Gasteiger partial charge in [-0.1, -0.05) is 17.8 Å². The van der Waals surface area contributed by atoms with E-state index in [0.717, 1.165) is 0 Å². The molecule has 1 saturated heterocycles. The lowest BCUT2D eigenvalue weighted by Gasteiger charge is -2.27. The standard InChI is InChI=1S/C20H20F2N4O2S/c1-27-18-6-5-16(22)11-14(18)13-29-20-24-23-19(25-7-9-28-10-8-25)26(20)17-4-2-3-15(21)12-17/h2-6,11-12H,7-10,13H2,1H3. The van der Waals surface area contributed by atoms with E-state index in [-0.39, 0.29) is 11.6 Å². The molecule has 152 valence electrons. The number of hydrogen-bond acceptors (Lipinski definition) is 6. The second-order valence-corrected chi connectivity index (χ2v) is 7.38. The first-order chi connectivity index (χ1) is 14.2. The first-order valence-electron chi connectivity index (χ1n) is 9.15. The molecule has 2 aromatic carbocycles. The van der Waals surface area contributed by atoms with Gasteiger partial charge in [0.1, 0.15) is 17.4 Å². The van der Waals surface area contributed by atoms with Crippen LogP contribution in [0.5, 0.6) is 5.75 Å². The molecule has 4 rings (SSSR count). The molecule has 2 heterocycles. The van der Waals surface area contributed by atoms with E-state index in [1.165, 1.54) is 36.0 Å². The van der Waals surface area contributed by atoms with E-state index in [1.54, 1.807) is 19.2 Å². The molecule has 9 heteroatoms. The zero-order chi connectivity index (χ0) is 20.2. The maximum Gasteiger partial charge on any atom is 0.232 e. The Kier molecular flexibility index (Phi) is 5.96. The summed E-state index contributed by atoms with van der Waals surface area (Å²) >= 11 is 1.39. The molecule has 1 fully saturated rings. The van der Waals surface area contributed by atoms with Crippen molar-refractivity contribution in [3.05, 3.63) is 59.7 Å². The zero-order valence-electron chi connectivity index (χ0n) is 15.8. The highest BCUT2D eigenvalue weighted by atomic mass is 32.2. The van der Waals surface area contributed by atoms with Crippen LogP contribution in [0.25, 0.3) is 5.69 Å². The minimum Gasteiger partial charge on any atom is -0.496 e. The Balaban J connectivity index is 1.68. The highest BCUT2D eigenvalue weighted by Gasteiger charge is 2.22. The van der Waals surface area contributed by atoms with Crippen molar-refractivity contribution in [3.8, 4) is 11.4 Å². The van der Waals surface area contributed by atoms with Gasteiger partial charge in [0.25, 0.3) is 0 Å². The highest BCUT2D eigenvalue weighted by molar-refractivity contribution is 7.98. The van der Waals surface area contributed by atoms with Crippen LogP contribution in [0.15, 0.2) is 47.6 Å². The Morgan fingerprint density at radius 1 is 1.07 bits per heavy atom. The van der Waals surface area contributed by atoms with Crippen molar-refractivity contribution in [3.63, 3.8) is 0 Å².